The Morgan fingerprint density at radius 1 is 1.04 bits per heavy atom. The topological polar surface area (TPSA) is 37.3 Å². The first-order valence-corrected chi connectivity index (χ1v) is 10.4. The third-order valence-corrected chi connectivity index (χ3v) is 8.66. The Kier molecular flexibility index (Phi) is 4.54. The second-order valence-corrected chi connectivity index (χ2v) is 9.32. The number of halogens is 5. The van der Waals surface area contributed by atoms with E-state index in [0.717, 1.165) is 12.0 Å². The summed E-state index contributed by atoms with van der Waals surface area (Å²) in [5.41, 5.74) is -3.31. The van der Waals surface area contributed by atoms with Gasteiger partial charge in [-0.15, -0.1) is 0 Å². The van der Waals surface area contributed by atoms with Gasteiger partial charge in [-0.2, -0.15) is 22.0 Å². The number of carbonyl (C=O) groups is 1. The predicted octanol–water partition coefficient (Wildman–Crippen LogP) is 5.45. The van der Waals surface area contributed by atoms with Crippen molar-refractivity contribution in [1.82, 2.24) is 0 Å². The lowest BCUT2D eigenvalue weighted by molar-refractivity contribution is -0.365. The van der Waals surface area contributed by atoms with E-state index in [-0.39, 0.29) is 48.7 Å². The van der Waals surface area contributed by atoms with E-state index in [1.165, 1.54) is 0 Å². The maximum atomic E-state index is 14.5. The number of allylic oxidation sites excluding steroid dienone is 1. The predicted molar refractivity (Wildman–Crippen MR) is 92.7 cm³/mol. The Balaban J connectivity index is 1.70. The summed E-state index contributed by atoms with van der Waals surface area (Å²) in [5, 5.41) is 10.9. The van der Waals surface area contributed by atoms with Gasteiger partial charge in [-0.25, -0.2) is 0 Å². The molecule has 0 saturated heterocycles. The molecule has 0 aromatic rings. The minimum Gasteiger partial charge on any atom is -0.383 e. The van der Waals surface area contributed by atoms with Crippen molar-refractivity contribution >= 4 is 5.78 Å². The molecule has 0 aromatic heterocycles. The van der Waals surface area contributed by atoms with E-state index in [4.69, 9.17) is 0 Å². The number of carbonyl (C=O) groups excluding carboxylic acids is 1. The summed E-state index contributed by atoms with van der Waals surface area (Å²) in [5.74, 6) is -4.81. The Morgan fingerprint density at radius 3 is 2.39 bits per heavy atom. The standard InChI is InChI=1S/C21H27F5O2/c1-2-18-9-7-15-14-6-4-13(27)11-12(14)3-5-16(15)17(18)8-10-19(18,28)20(22,23)21(24,25)26/h11,14-17,28H,2-10H2,1H3/t14-,15+,16+,17-,18?,19?/m0/s1. The number of aliphatic hydroxyl groups is 1. The fourth-order valence-electron chi connectivity index (χ4n) is 7.45. The Labute approximate surface area is 161 Å². The molecular weight excluding hydrogens is 379 g/mol. The van der Waals surface area contributed by atoms with E-state index in [2.05, 4.69) is 0 Å². The second kappa shape index (κ2) is 6.26. The molecule has 0 aromatic carbocycles. The number of alkyl halides is 5. The van der Waals surface area contributed by atoms with Gasteiger partial charge in [-0.3, -0.25) is 4.79 Å². The highest BCUT2D eigenvalue weighted by atomic mass is 19.4. The van der Waals surface area contributed by atoms with E-state index in [9.17, 15) is 31.9 Å². The van der Waals surface area contributed by atoms with Crippen molar-refractivity contribution in [2.45, 2.75) is 82.4 Å². The molecule has 4 aliphatic rings. The summed E-state index contributed by atoms with van der Waals surface area (Å²) in [6.07, 6.45) is -0.822. The van der Waals surface area contributed by atoms with Crippen LogP contribution in [0.5, 0.6) is 0 Å². The molecule has 2 unspecified atom stereocenters. The molecule has 6 atom stereocenters. The van der Waals surface area contributed by atoms with Gasteiger partial charge in [0, 0.05) is 11.8 Å². The summed E-state index contributed by atoms with van der Waals surface area (Å²) in [6.45, 7) is 1.64. The molecule has 4 aliphatic carbocycles. The molecule has 0 spiro atoms. The fraction of sp³-hybridized carbons (Fsp3) is 0.857. The van der Waals surface area contributed by atoms with Crippen LogP contribution in [0.25, 0.3) is 0 Å². The van der Waals surface area contributed by atoms with Crippen LogP contribution in [0.1, 0.15) is 64.7 Å². The summed E-state index contributed by atoms with van der Waals surface area (Å²) in [6, 6.07) is 0. The van der Waals surface area contributed by atoms with Crippen LogP contribution < -0.4 is 0 Å². The third kappa shape index (κ3) is 2.43. The first kappa shape index (κ1) is 20.3. The monoisotopic (exact) mass is 406 g/mol. The first-order chi connectivity index (χ1) is 13.0. The van der Waals surface area contributed by atoms with Gasteiger partial charge in [0.05, 0.1) is 0 Å². The second-order valence-electron chi connectivity index (χ2n) is 9.32. The number of ketones is 1. The molecular formula is C21H27F5O2. The van der Waals surface area contributed by atoms with Gasteiger partial charge < -0.3 is 5.11 Å². The van der Waals surface area contributed by atoms with Crippen molar-refractivity contribution in [3.63, 3.8) is 0 Å². The Morgan fingerprint density at radius 2 is 1.75 bits per heavy atom. The molecule has 2 nitrogen and oxygen atoms in total. The van der Waals surface area contributed by atoms with E-state index in [0.29, 0.717) is 25.7 Å². The lowest BCUT2D eigenvalue weighted by Gasteiger charge is -2.57. The van der Waals surface area contributed by atoms with Crippen LogP contribution in [-0.2, 0) is 4.79 Å². The quantitative estimate of drug-likeness (QED) is 0.620. The molecule has 0 bridgehead atoms. The number of rotatable bonds is 2. The van der Waals surface area contributed by atoms with Crippen molar-refractivity contribution in [3.8, 4) is 0 Å². The van der Waals surface area contributed by atoms with E-state index >= 15 is 0 Å². The molecule has 3 fully saturated rings. The van der Waals surface area contributed by atoms with Crippen LogP contribution in [0.4, 0.5) is 22.0 Å². The molecule has 1 N–H and O–H groups in total. The summed E-state index contributed by atoms with van der Waals surface area (Å²) in [7, 11) is 0. The van der Waals surface area contributed by atoms with Crippen molar-refractivity contribution in [1.29, 1.82) is 0 Å². The van der Waals surface area contributed by atoms with Gasteiger partial charge in [0.25, 0.3) is 0 Å². The molecule has 28 heavy (non-hydrogen) atoms. The molecule has 158 valence electrons. The number of hydrogen-bond acceptors (Lipinski definition) is 2. The summed E-state index contributed by atoms with van der Waals surface area (Å²) >= 11 is 0. The van der Waals surface area contributed by atoms with Crippen LogP contribution in [0.15, 0.2) is 11.6 Å². The molecule has 0 radical (unpaired) electrons. The smallest absolute Gasteiger partial charge is 0.383 e. The zero-order valence-corrected chi connectivity index (χ0v) is 16.0. The van der Waals surface area contributed by atoms with Gasteiger partial charge in [-0.05, 0) is 81.1 Å². The lowest BCUT2D eigenvalue weighted by atomic mass is 9.48. The maximum Gasteiger partial charge on any atom is 0.456 e. The van der Waals surface area contributed by atoms with Crippen LogP contribution in [0.3, 0.4) is 0 Å². The van der Waals surface area contributed by atoms with Gasteiger partial charge in [0.1, 0.15) is 5.60 Å². The molecule has 0 aliphatic heterocycles. The highest BCUT2D eigenvalue weighted by Gasteiger charge is 2.79. The molecule has 7 heteroatoms. The fourth-order valence-corrected chi connectivity index (χ4v) is 7.45. The largest absolute Gasteiger partial charge is 0.456 e. The van der Waals surface area contributed by atoms with E-state index < -0.39 is 29.5 Å². The zero-order chi connectivity index (χ0) is 20.5. The Hall–Kier alpha value is -0.980. The van der Waals surface area contributed by atoms with Gasteiger partial charge in [0.15, 0.2) is 5.78 Å². The minimum atomic E-state index is -5.76. The Bertz CT molecular complexity index is 699. The van der Waals surface area contributed by atoms with Gasteiger partial charge in [-0.1, -0.05) is 12.5 Å². The maximum absolute atomic E-state index is 14.5. The van der Waals surface area contributed by atoms with E-state index in [1.807, 2.05) is 0 Å². The molecule has 3 saturated carbocycles. The van der Waals surface area contributed by atoms with Crippen LogP contribution >= 0.6 is 0 Å². The van der Waals surface area contributed by atoms with Crippen molar-refractivity contribution in [2.24, 2.45) is 29.1 Å². The molecule has 4 rings (SSSR count). The van der Waals surface area contributed by atoms with Gasteiger partial charge in [0.2, 0.25) is 0 Å². The first-order valence-electron chi connectivity index (χ1n) is 10.4. The molecule has 0 amide bonds. The van der Waals surface area contributed by atoms with Crippen LogP contribution in [-0.4, -0.2) is 28.6 Å². The lowest BCUT2D eigenvalue weighted by Crippen LogP contribution is -2.66. The van der Waals surface area contributed by atoms with Crippen molar-refractivity contribution < 1.29 is 31.9 Å². The average Bonchev–Trinajstić information content (AvgIpc) is 2.95. The van der Waals surface area contributed by atoms with Crippen molar-refractivity contribution in [3.05, 3.63) is 11.6 Å². The number of fused-ring (bicyclic) bond motifs is 5. The van der Waals surface area contributed by atoms with Crippen LogP contribution in [0, 0.1) is 29.1 Å². The minimum absolute atomic E-state index is 0.0436. The highest BCUT2D eigenvalue weighted by Crippen LogP contribution is 2.70. The number of hydrogen-bond donors (Lipinski definition) is 1. The average molecular weight is 406 g/mol. The summed E-state index contributed by atoms with van der Waals surface area (Å²) in [4.78, 5) is 11.7. The zero-order valence-electron chi connectivity index (χ0n) is 16.0. The normalized spacial score (nSPS) is 43.8. The molecule has 0 heterocycles. The van der Waals surface area contributed by atoms with Crippen molar-refractivity contribution in [2.75, 3.05) is 0 Å². The highest BCUT2D eigenvalue weighted by molar-refractivity contribution is 5.91. The third-order valence-electron chi connectivity index (χ3n) is 8.66. The summed E-state index contributed by atoms with van der Waals surface area (Å²) < 4.78 is 68.8. The van der Waals surface area contributed by atoms with E-state index in [1.54, 1.807) is 13.0 Å². The van der Waals surface area contributed by atoms with Crippen LogP contribution in [0.2, 0.25) is 0 Å². The SMILES string of the molecule is CCC12CC[C@H]3[C@@H](CCC4=CC(=O)CC[C@@H]43)[C@@H]1CCC2(O)C(F)(F)C(F)(F)F. The van der Waals surface area contributed by atoms with Gasteiger partial charge >= 0.3 is 12.1 Å².